The van der Waals surface area contributed by atoms with Crippen molar-refractivity contribution in [3.05, 3.63) is 47.6 Å². The van der Waals surface area contributed by atoms with Crippen LogP contribution in [0.15, 0.2) is 34.9 Å². The van der Waals surface area contributed by atoms with E-state index in [9.17, 15) is 4.79 Å². The summed E-state index contributed by atoms with van der Waals surface area (Å²) in [6.07, 6.45) is 2.31. The van der Waals surface area contributed by atoms with Crippen molar-refractivity contribution in [2.75, 3.05) is 6.54 Å². The van der Waals surface area contributed by atoms with Gasteiger partial charge in [0.15, 0.2) is 5.82 Å². The summed E-state index contributed by atoms with van der Waals surface area (Å²) in [4.78, 5) is 18.6. The molecule has 1 aromatic carbocycles. The average molecular weight is 271 g/mol. The Labute approximate surface area is 117 Å². The summed E-state index contributed by atoms with van der Waals surface area (Å²) in [5.74, 6) is 1.30. The van der Waals surface area contributed by atoms with E-state index in [0.717, 1.165) is 24.9 Å². The van der Waals surface area contributed by atoms with Crippen LogP contribution in [0.2, 0.25) is 0 Å². The van der Waals surface area contributed by atoms with Crippen molar-refractivity contribution < 1.29 is 9.32 Å². The highest BCUT2D eigenvalue weighted by Crippen LogP contribution is 2.30. The largest absolute Gasteiger partial charge is 0.340 e. The molecule has 5 nitrogen and oxygen atoms in total. The van der Waals surface area contributed by atoms with Crippen LogP contribution in [-0.4, -0.2) is 27.5 Å². The van der Waals surface area contributed by atoms with Crippen LogP contribution in [0, 0.1) is 6.92 Å². The zero-order valence-electron chi connectivity index (χ0n) is 11.5. The maximum absolute atomic E-state index is 12.4. The van der Waals surface area contributed by atoms with Gasteiger partial charge in [0.2, 0.25) is 11.8 Å². The molecule has 1 atom stereocenters. The van der Waals surface area contributed by atoms with Gasteiger partial charge in [0.25, 0.3) is 0 Å². The third kappa shape index (κ3) is 2.57. The molecule has 104 valence electrons. The molecular weight excluding hydrogens is 254 g/mol. The summed E-state index contributed by atoms with van der Waals surface area (Å²) in [7, 11) is 0. The summed E-state index contributed by atoms with van der Waals surface area (Å²) >= 11 is 0. The van der Waals surface area contributed by atoms with Gasteiger partial charge in [0.05, 0.1) is 12.5 Å². The molecule has 0 aliphatic carbocycles. The fraction of sp³-hybridized carbons (Fsp3) is 0.400. The van der Waals surface area contributed by atoms with E-state index in [0.29, 0.717) is 18.1 Å². The van der Waals surface area contributed by atoms with E-state index >= 15 is 0 Å². The van der Waals surface area contributed by atoms with Crippen molar-refractivity contribution in [1.82, 2.24) is 15.0 Å². The molecule has 1 saturated heterocycles. The molecule has 0 bridgehead atoms. The van der Waals surface area contributed by atoms with E-state index < -0.39 is 0 Å². The highest BCUT2D eigenvalue weighted by atomic mass is 16.5. The summed E-state index contributed by atoms with van der Waals surface area (Å²) in [6.45, 7) is 2.53. The molecule has 20 heavy (non-hydrogen) atoms. The number of carbonyl (C=O) groups excluding carboxylic acids is 1. The lowest BCUT2D eigenvalue weighted by molar-refractivity contribution is -0.131. The quantitative estimate of drug-likeness (QED) is 0.859. The van der Waals surface area contributed by atoms with Crippen molar-refractivity contribution >= 4 is 5.91 Å². The van der Waals surface area contributed by atoms with Crippen LogP contribution >= 0.6 is 0 Å². The van der Waals surface area contributed by atoms with E-state index in [1.807, 2.05) is 35.2 Å². The summed E-state index contributed by atoms with van der Waals surface area (Å²) in [5.41, 5.74) is 1.03. The Morgan fingerprint density at radius 1 is 1.40 bits per heavy atom. The minimum absolute atomic E-state index is 0.0383. The summed E-state index contributed by atoms with van der Waals surface area (Å²) in [6, 6.07) is 9.76. The number of aryl methyl sites for hydroxylation is 1. The van der Waals surface area contributed by atoms with Gasteiger partial charge < -0.3 is 9.42 Å². The Morgan fingerprint density at radius 3 is 2.90 bits per heavy atom. The van der Waals surface area contributed by atoms with Crippen molar-refractivity contribution in [2.45, 2.75) is 32.2 Å². The van der Waals surface area contributed by atoms with Crippen molar-refractivity contribution in [1.29, 1.82) is 0 Å². The fourth-order valence-corrected chi connectivity index (χ4v) is 2.66. The molecule has 0 radical (unpaired) electrons. The van der Waals surface area contributed by atoms with Gasteiger partial charge in [-0.3, -0.25) is 4.79 Å². The predicted molar refractivity (Wildman–Crippen MR) is 72.9 cm³/mol. The molecule has 2 heterocycles. The second-order valence-electron chi connectivity index (χ2n) is 5.08. The SMILES string of the molecule is Cc1nc([C@@H]2CCCN2C(=O)Cc2ccccc2)no1. The molecule has 3 rings (SSSR count). The number of carbonyl (C=O) groups is 1. The number of aromatic nitrogens is 2. The van der Waals surface area contributed by atoms with Crippen LogP contribution < -0.4 is 0 Å². The molecule has 0 saturated carbocycles. The van der Waals surface area contributed by atoms with Crippen LogP contribution in [0.4, 0.5) is 0 Å². The van der Waals surface area contributed by atoms with Crippen molar-refractivity contribution in [3.63, 3.8) is 0 Å². The van der Waals surface area contributed by atoms with E-state index in [1.165, 1.54) is 0 Å². The molecule has 1 aliphatic rings. The predicted octanol–water partition coefficient (Wildman–Crippen LogP) is 2.28. The molecule has 0 N–H and O–H groups in total. The molecule has 0 unspecified atom stereocenters. The molecule has 2 aromatic rings. The molecule has 1 aliphatic heterocycles. The average Bonchev–Trinajstić information content (AvgIpc) is 3.08. The number of amides is 1. The van der Waals surface area contributed by atoms with E-state index in [4.69, 9.17) is 4.52 Å². The molecule has 0 spiro atoms. The maximum atomic E-state index is 12.4. The molecule has 1 aromatic heterocycles. The minimum Gasteiger partial charge on any atom is -0.340 e. The first-order chi connectivity index (χ1) is 9.74. The van der Waals surface area contributed by atoms with E-state index in [2.05, 4.69) is 10.1 Å². The van der Waals surface area contributed by atoms with Gasteiger partial charge in [-0.15, -0.1) is 0 Å². The monoisotopic (exact) mass is 271 g/mol. The molecule has 1 fully saturated rings. The lowest BCUT2D eigenvalue weighted by Crippen LogP contribution is -2.32. The first kappa shape index (κ1) is 12.8. The lowest BCUT2D eigenvalue weighted by Gasteiger charge is -2.22. The molecular formula is C15H17N3O2. The highest BCUT2D eigenvalue weighted by molar-refractivity contribution is 5.79. The van der Waals surface area contributed by atoms with Crippen LogP contribution in [0.5, 0.6) is 0 Å². The normalized spacial score (nSPS) is 18.4. The van der Waals surface area contributed by atoms with Gasteiger partial charge in [-0.1, -0.05) is 35.5 Å². The van der Waals surface area contributed by atoms with Crippen LogP contribution in [-0.2, 0) is 11.2 Å². The number of likely N-dealkylation sites (tertiary alicyclic amines) is 1. The Hall–Kier alpha value is -2.17. The minimum atomic E-state index is -0.0383. The summed E-state index contributed by atoms with van der Waals surface area (Å²) < 4.78 is 5.02. The first-order valence-electron chi connectivity index (χ1n) is 6.87. The number of hydrogen-bond donors (Lipinski definition) is 0. The van der Waals surface area contributed by atoms with Crippen molar-refractivity contribution in [2.24, 2.45) is 0 Å². The van der Waals surface area contributed by atoms with Gasteiger partial charge in [0.1, 0.15) is 0 Å². The Morgan fingerprint density at radius 2 is 2.20 bits per heavy atom. The second-order valence-corrected chi connectivity index (χ2v) is 5.08. The third-order valence-corrected chi connectivity index (χ3v) is 3.61. The third-order valence-electron chi connectivity index (χ3n) is 3.61. The Kier molecular flexibility index (Phi) is 3.50. The zero-order valence-corrected chi connectivity index (χ0v) is 11.5. The van der Waals surface area contributed by atoms with Crippen LogP contribution in [0.25, 0.3) is 0 Å². The number of benzene rings is 1. The topological polar surface area (TPSA) is 59.2 Å². The van der Waals surface area contributed by atoms with Gasteiger partial charge in [-0.25, -0.2) is 0 Å². The number of hydrogen-bond acceptors (Lipinski definition) is 4. The van der Waals surface area contributed by atoms with Crippen LogP contribution in [0.3, 0.4) is 0 Å². The lowest BCUT2D eigenvalue weighted by atomic mass is 10.1. The molecule has 1 amide bonds. The number of nitrogens with zero attached hydrogens (tertiary/aromatic N) is 3. The van der Waals surface area contributed by atoms with Gasteiger partial charge in [-0.2, -0.15) is 4.98 Å². The summed E-state index contributed by atoms with van der Waals surface area (Å²) in [5, 5.41) is 3.96. The standard InChI is InChI=1S/C15H17N3O2/c1-11-16-15(17-20-11)13-8-5-9-18(13)14(19)10-12-6-3-2-4-7-12/h2-4,6-7,13H,5,8-10H2,1H3/t13-/m0/s1. The zero-order chi connectivity index (χ0) is 13.9. The number of rotatable bonds is 3. The van der Waals surface area contributed by atoms with Crippen molar-refractivity contribution in [3.8, 4) is 0 Å². The smallest absolute Gasteiger partial charge is 0.227 e. The van der Waals surface area contributed by atoms with Gasteiger partial charge in [-0.05, 0) is 18.4 Å². The highest BCUT2D eigenvalue weighted by Gasteiger charge is 2.32. The van der Waals surface area contributed by atoms with Gasteiger partial charge in [0, 0.05) is 13.5 Å². The second kappa shape index (κ2) is 5.45. The Balaban J connectivity index is 1.73. The maximum Gasteiger partial charge on any atom is 0.227 e. The van der Waals surface area contributed by atoms with Crippen LogP contribution in [0.1, 0.15) is 36.2 Å². The van der Waals surface area contributed by atoms with Gasteiger partial charge >= 0.3 is 0 Å². The molecule has 5 heteroatoms. The van der Waals surface area contributed by atoms with E-state index in [-0.39, 0.29) is 11.9 Å². The first-order valence-corrected chi connectivity index (χ1v) is 6.87. The Bertz CT molecular complexity index is 594. The fourth-order valence-electron chi connectivity index (χ4n) is 2.66. The van der Waals surface area contributed by atoms with E-state index in [1.54, 1.807) is 6.92 Å².